The van der Waals surface area contributed by atoms with Gasteiger partial charge >= 0.3 is 5.97 Å². The summed E-state index contributed by atoms with van der Waals surface area (Å²) in [6.07, 6.45) is 5.69. The van der Waals surface area contributed by atoms with E-state index >= 15 is 0 Å². The molecule has 1 heterocycles. The molecule has 2 aromatic carbocycles. The maximum Gasteiger partial charge on any atom is 0.316 e. The van der Waals surface area contributed by atoms with E-state index in [9.17, 15) is 4.79 Å². The van der Waals surface area contributed by atoms with Crippen molar-refractivity contribution in [1.29, 1.82) is 0 Å². The number of benzene rings is 2. The molecular weight excluding hydrogens is 412 g/mol. The predicted molar refractivity (Wildman–Crippen MR) is 132 cm³/mol. The van der Waals surface area contributed by atoms with Crippen molar-refractivity contribution in [2.24, 2.45) is 0 Å². The first-order chi connectivity index (χ1) is 16.0. The van der Waals surface area contributed by atoms with Crippen LogP contribution in [0.2, 0.25) is 0 Å². The van der Waals surface area contributed by atoms with Gasteiger partial charge in [0.25, 0.3) is 0 Å². The number of esters is 1. The van der Waals surface area contributed by atoms with Crippen LogP contribution in [0.15, 0.2) is 65.7 Å². The highest BCUT2D eigenvalue weighted by atomic mass is 16.5. The molecule has 1 aliphatic rings. The zero-order chi connectivity index (χ0) is 23.4. The summed E-state index contributed by atoms with van der Waals surface area (Å²) in [4.78, 5) is 14.6. The van der Waals surface area contributed by atoms with E-state index in [1.807, 2.05) is 19.9 Å². The second-order valence-corrected chi connectivity index (χ2v) is 8.76. The number of ether oxygens (including phenoxy) is 1. The van der Waals surface area contributed by atoms with Gasteiger partial charge in [-0.15, -0.1) is 6.58 Å². The van der Waals surface area contributed by atoms with E-state index in [1.165, 1.54) is 0 Å². The molecular formula is C28H32N2O3. The molecule has 0 radical (unpaired) electrons. The second kappa shape index (κ2) is 9.65. The Bertz CT molecular complexity index is 1110. The van der Waals surface area contributed by atoms with E-state index < -0.39 is 5.41 Å². The van der Waals surface area contributed by atoms with E-state index in [-0.39, 0.29) is 5.97 Å². The van der Waals surface area contributed by atoms with Crippen LogP contribution in [0.1, 0.15) is 43.9 Å². The van der Waals surface area contributed by atoms with E-state index in [0.717, 1.165) is 71.6 Å². The highest BCUT2D eigenvalue weighted by Crippen LogP contribution is 2.49. The standard InChI is InChI=1S/C28H32N2O3/c1-5-7-8-19-30(4)25-20(3)29-33-26(25)23-11-9-21(10-12-23)22-13-15-24(16-14-22)28(17-18-28)27(31)32-6-2/h5,9-16H,1,6-8,17-19H2,2-4H3. The monoisotopic (exact) mass is 444 g/mol. The molecule has 5 heteroatoms. The van der Waals surface area contributed by atoms with Gasteiger partial charge in [-0.25, -0.2) is 0 Å². The third kappa shape index (κ3) is 4.58. The maximum absolute atomic E-state index is 12.4. The van der Waals surface area contributed by atoms with Gasteiger partial charge < -0.3 is 14.2 Å². The first-order valence-electron chi connectivity index (χ1n) is 11.7. The average molecular weight is 445 g/mol. The molecule has 0 atom stereocenters. The lowest BCUT2D eigenvalue weighted by Crippen LogP contribution is -2.23. The highest BCUT2D eigenvalue weighted by Gasteiger charge is 2.52. The van der Waals surface area contributed by atoms with Gasteiger partial charge in [0.1, 0.15) is 11.4 Å². The molecule has 0 unspecified atom stereocenters. The fraction of sp³-hybridized carbons (Fsp3) is 0.357. The van der Waals surface area contributed by atoms with E-state index in [1.54, 1.807) is 0 Å². The zero-order valence-electron chi connectivity index (χ0n) is 19.8. The lowest BCUT2D eigenvalue weighted by molar-refractivity contribution is -0.146. The SMILES string of the molecule is C=CCCCN(C)c1c(C)noc1-c1ccc(-c2ccc(C3(C(=O)OCC)CC3)cc2)cc1. The number of carbonyl (C=O) groups excluding carboxylic acids is 1. The minimum Gasteiger partial charge on any atom is -0.465 e. The van der Waals surface area contributed by atoms with Crippen molar-refractivity contribution < 1.29 is 14.1 Å². The summed E-state index contributed by atoms with van der Waals surface area (Å²) in [5, 5.41) is 4.21. The summed E-state index contributed by atoms with van der Waals surface area (Å²) in [7, 11) is 2.07. The molecule has 1 aromatic heterocycles. The summed E-state index contributed by atoms with van der Waals surface area (Å²) in [6.45, 7) is 8.96. The Morgan fingerprint density at radius 3 is 2.30 bits per heavy atom. The molecule has 4 rings (SSSR count). The van der Waals surface area contributed by atoms with Crippen LogP contribution in [0.4, 0.5) is 5.69 Å². The molecule has 0 saturated heterocycles. The quantitative estimate of drug-likeness (QED) is 0.208. The van der Waals surface area contributed by atoms with Gasteiger partial charge in [-0.1, -0.05) is 59.8 Å². The fourth-order valence-corrected chi connectivity index (χ4v) is 4.39. The van der Waals surface area contributed by atoms with Crippen LogP contribution in [-0.4, -0.2) is 31.3 Å². The first kappa shape index (κ1) is 22.8. The van der Waals surface area contributed by atoms with E-state index in [4.69, 9.17) is 9.26 Å². The molecule has 0 amide bonds. The Hall–Kier alpha value is -3.34. The van der Waals surface area contributed by atoms with Crippen molar-refractivity contribution in [3.05, 3.63) is 72.4 Å². The number of nitrogens with zero attached hydrogens (tertiary/aromatic N) is 2. The normalized spacial score (nSPS) is 14.0. The van der Waals surface area contributed by atoms with E-state index in [2.05, 4.69) is 72.2 Å². The highest BCUT2D eigenvalue weighted by molar-refractivity contribution is 5.87. The third-order valence-corrected chi connectivity index (χ3v) is 6.45. The third-order valence-electron chi connectivity index (χ3n) is 6.45. The minimum atomic E-state index is -0.434. The molecule has 0 spiro atoms. The summed E-state index contributed by atoms with van der Waals surface area (Å²) in [6, 6.07) is 16.6. The Morgan fingerprint density at radius 2 is 1.73 bits per heavy atom. The largest absolute Gasteiger partial charge is 0.465 e. The number of carbonyl (C=O) groups is 1. The van der Waals surface area contributed by atoms with Crippen LogP contribution in [0.3, 0.4) is 0 Å². The summed E-state index contributed by atoms with van der Waals surface area (Å²) < 4.78 is 11.0. The average Bonchev–Trinajstić information content (AvgIpc) is 3.56. The Morgan fingerprint density at radius 1 is 1.12 bits per heavy atom. The molecule has 1 saturated carbocycles. The Balaban J connectivity index is 1.52. The van der Waals surface area contributed by atoms with Gasteiger partial charge in [-0.3, -0.25) is 4.79 Å². The van der Waals surface area contributed by atoms with Gasteiger partial charge in [-0.2, -0.15) is 0 Å². The van der Waals surface area contributed by atoms with Gasteiger partial charge in [0.05, 0.1) is 12.0 Å². The molecule has 5 nitrogen and oxygen atoms in total. The van der Waals surface area contributed by atoms with Gasteiger partial charge in [-0.05, 0) is 56.2 Å². The van der Waals surface area contributed by atoms with Crippen LogP contribution >= 0.6 is 0 Å². The molecule has 33 heavy (non-hydrogen) atoms. The molecule has 0 N–H and O–H groups in total. The molecule has 0 aliphatic heterocycles. The number of rotatable bonds is 10. The first-order valence-corrected chi connectivity index (χ1v) is 11.7. The molecule has 172 valence electrons. The lowest BCUT2D eigenvalue weighted by Gasteiger charge is -2.19. The van der Waals surface area contributed by atoms with Crippen LogP contribution in [0.25, 0.3) is 22.5 Å². The Kier molecular flexibility index (Phi) is 6.68. The lowest BCUT2D eigenvalue weighted by atomic mass is 9.93. The Labute approximate surface area is 196 Å². The number of aryl methyl sites for hydroxylation is 1. The maximum atomic E-state index is 12.4. The summed E-state index contributed by atoms with van der Waals surface area (Å²) in [5.41, 5.74) is 5.76. The number of unbranched alkanes of at least 4 members (excludes halogenated alkanes) is 1. The second-order valence-electron chi connectivity index (χ2n) is 8.76. The topological polar surface area (TPSA) is 55.6 Å². The van der Waals surface area contributed by atoms with E-state index in [0.29, 0.717) is 6.61 Å². The molecule has 0 bridgehead atoms. The van der Waals surface area contributed by atoms with Gasteiger partial charge in [0.2, 0.25) is 0 Å². The zero-order valence-corrected chi connectivity index (χ0v) is 19.8. The summed E-state index contributed by atoms with van der Waals surface area (Å²) in [5.74, 6) is 0.690. The van der Waals surface area contributed by atoms with Crippen LogP contribution in [0, 0.1) is 6.92 Å². The van der Waals surface area contributed by atoms with Gasteiger partial charge in [0, 0.05) is 19.2 Å². The molecule has 1 fully saturated rings. The van der Waals surface area contributed by atoms with Crippen molar-refractivity contribution in [1.82, 2.24) is 5.16 Å². The molecule has 3 aromatic rings. The predicted octanol–water partition coefficient (Wildman–Crippen LogP) is 6.31. The smallest absolute Gasteiger partial charge is 0.316 e. The van der Waals surface area contributed by atoms with Crippen LogP contribution < -0.4 is 4.90 Å². The number of allylic oxidation sites excluding steroid dienone is 1. The van der Waals surface area contributed by atoms with Crippen LogP contribution in [-0.2, 0) is 14.9 Å². The number of hydrogen-bond donors (Lipinski definition) is 0. The number of hydrogen-bond acceptors (Lipinski definition) is 5. The van der Waals surface area contributed by atoms with Crippen molar-refractivity contribution in [3.8, 4) is 22.5 Å². The summed E-state index contributed by atoms with van der Waals surface area (Å²) >= 11 is 0. The van der Waals surface area contributed by atoms with Crippen molar-refractivity contribution >= 4 is 11.7 Å². The van der Waals surface area contributed by atoms with Crippen molar-refractivity contribution in [2.45, 2.75) is 44.9 Å². The van der Waals surface area contributed by atoms with Crippen LogP contribution in [0.5, 0.6) is 0 Å². The molecule has 1 aliphatic carbocycles. The van der Waals surface area contributed by atoms with Crippen molar-refractivity contribution in [2.75, 3.05) is 25.1 Å². The minimum absolute atomic E-state index is 0.102. The van der Waals surface area contributed by atoms with Gasteiger partial charge in [0.15, 0.2) is 5.76 Å². The number of anilines is 1. The number of aromatic nitrogens is 1. The fourth-order valence-electron chi connectivity index (χ4n) is 4.39. The van der Waals surface area contributed by atoms with Crippen molar-refractivity contribution in [3.63, 3.8) is 0 Å².